The monoisotopic (exact) mass is 288 g/mol. The highest BCUT2D eigenvalue weighted by atomic mass is 32.2. The summed E-state index contributed by atoms with van der Waals surface area (Å²) in [6.45, 7) is 3.63. The molecule has 0 spiro atoms. The van der Waals surface area contributed by atoms with Gasteiger partial charge in [-0.05, 0) is 25.5 Å². The van der Waals surface area contributed by atoms with E-state index in [0.717, 1.165) is 11.3 Å². The van der Waals surface area contributed by atoms with Crippen LogP contribution in [0.3, 0.4) is 0 Å². The second kappa shape index (κ2) is 5.84. The van der Waals surface area contributed by atoms with Crippen LogP contribution in [-0.2, 0) is 14.8 Å². The molecule has 0 aromatic carbocycles. The Morgan fingerprint density at radius 2 is 2.28 bits per heavy atom. The lowest BCUT2D eigenvalue weighted by Crippen LogP contribution is -2.14. The van der Waals surface area contributed by atoms with E-state index < -0.39 is 21.7 Å². The van der Waals surface area contributed by atoms with Gasteiger partial charge in [0, 0.05) is 0 Å². The van der Waals surface area contributed by atoms with Gasteiger partial charge in [-0.3, -0.25) is 4.72 Å². The Bertz CT molecular complexity index is 584. The molecule has 0 amide bonds. The van der Waals surface area contributed by atoms with Crippen LogP contribution >= 0.6 is 11.3 Å². The average molecular weight is 288 g/mol. The lowest BCUT2D eigenvalue weighted by Gasteiger charge is -2.00. The molecule has 1 N–H and O–H groups in total. The van der Waals surface area contributed by atoms with Gasteiger partial charge in [-0.25, -0.2) is 13.2 Å². The van der Waals surface area contributed by atoms with E-state index in [-0.39, 0.29) is 6.61 Å². The highest BCUT2D eigenvalue weighted by Gasteiger charge is 2.17. The SMILES string of the molecule is CCOC(=O)c1sc(NS(=O)(=O)CC#N)cc1C. The van der Waals surface area contributed by atoms with E-state index in [1.807, 2.05) is 0 Å². The molecule has 18 heavy (non-hydrogen) atoms. The van der Waals surface area contributed by atoms with Gasteiger partial charge in [0.2, 0.25) is 10.0 Å². The number of carbonyl (C=O) groups is 1. The first-order valence-electron chi connectivity index (χ1n) is 5.04. The van der Waals surface area contributed by atoms with Crippen LogP contribution in [0.15, 0.2) is 6.07 Å². The Kier molecular flexibility index (Phi) is 4.69. The summed E-state index contributed by atoms with van der Waals surface area (Å²) in [5.41, 5.74) is 0.633. The van der Waals surface area contributed by atoms with Crippen molar-refractivity contribution in [1.82, 2.24) is 0 Å². The molecule has 0 aliphatic carbocycles. The Morgan fingerprint density at radius 1 is 1.61 bits per heavy atom. The molecule has 0 atom stereocenters. The smallest absolute Gasteiger partial charge is 0.348 e. The van der Waals surface area contributed by atoms with E-state index in [4.69, 9.17) is 10.00 Å². The van der Waals surface area contributed by atoms with Crippen LogP contribution in [0.1, 0.15) is 22.2 Å². The number of aryl methyl sites for hydroxylation is 1. The molecule has 0 saturated carbocycles. The number of esters is 1. The Hall–Kier alpha value is -1.59. The van der Waals surface area contributed by atoms with E-state index in [0.29, 0.717) is 15.4 Å². The van der Waals surface area contributed by atoms with Crippen molar-refractivity contribution in [3.63, 3.8) is 0 Å². The second-order valence-corrected chi connectivity index (χ2v) is 6.14. The standard InChI is InChI=1S/C10H12N2O4S2/c1-3-16-10(13)9-7(2)6-8(17-9)12-18(14,15)5-4-11/h6,12H,3,5H2,1-2H3. The Morgan fingerprint density at radius 3 is 2.83 bits per heavy atom. The zero-order chi connectivity index (χ0) is 13.8. The van der Waals surface area contributed by atoms with Gasteiger partial charge in [0.05, 0.1) is 12.7 Å². The van der Waals surface area contributed by atoms with Crippen molar-refractivity contribution in [2.24, 2.45) is 0 Å². The summed E-state index contributed by atoms with van der Waals surface area (Å²) in [5, 5.41) is 8.66. The molecular weight excluding hydrogens is 276 g/mol. The molecule has 0 fully saturated rings. The maximum atomic E-state index is 11.5. The molecule has 0 bridgehead atoms. The lowest BCUT2D eigenvalue weighted by atomic mass is 10.3. The fourth-order valence-corrected chi connectivity index (χ4v) is 3.18. The zero-order valence-corrected chi connectivity index (χ0v) is 11.5. The third-order valence-electron chi connectivity index (χ3n) is 1.89. The number of nitriles is 1. The number of thiophene rings is 1. The van der Waals surface area contributed by atoms with Crippen LogP contribution in [0.4, 0.5) is 5.00 Å². The van der Waals surface area contributed by atoms with Crippen LogP contribution in [0, 0.1) is 18.3 Å². The van der Waals surface area contributed by atoms with E-state index in [1.165, 1.54) is 6.07 Å². The van der Waals surface area contributed by atoms with Crippen molar-refractivity contribution in [3.05, 3.63) is 16.5 Å². The molecule has 0 aliphatic heterocycles. The van der Waals surface area contributed by atoms with Gasteiger partial charge < -0.3 is 4.74 Å². The number of sulfonamides is 1. The van der Waals surface area contributed by atoms with E-state index in [2.05, 4.69) is 4.72 Å². The maximum absolute atomic E-state index is 11.5. The highest BCUT2D eigenvalue weighted by molar-refractivity contribution is 7.93. The molecule has 6 nitrogen and oxygen atoms in total. The van der Waals surface area contributed by atoms with Crippen molar-refractivity contribution >= 4 is 32.3 Å². The third kappa shape index (κ3) is 3.72. The molecule has 1 aromatic heterocycles. The number of carbonyl (C=O) groups excluding carboxylic acids is 1. The molecule has 98 valence electrons. The Balaban J connectivity index is 2.92. The van der Waals surface area contributed by atoms with Crippen molar-refractivity contribution < 1.29 is 17.9 Å². The van der Waals surface area contributed by atoms with E-state index in [9.17, 15) is 13.2 Å². The third-order valence-corrected chi connectivity index (χ3v) is 4.19. The summed E-state index contributed by atoms with van der Waals surface area (Å²) in [7, 11) is -3.68. The normalized spacial score (nSPS) is 10.7. The predicted octanol–water partition coefficient (Wildman–Crippen LogP) is 1.50. The highest BCUT2D eigenvalue weighted by Crippen LogP contribution is 2.28. The van der Waals surface area contributed by atoms with Crippen LogP contribution in [0.25, 0.3) is 0 Å². The first kappa shape index (κ1) is 14.5. The number of hydrogen-bond acceptors (Lipinski definition) is 6. The number of rotatable bonds is 5. The van der Waals surface area contributed by atoms with Gasteiger partial charge in [-0.15, -0.1) is 11.3 Å². The minimum absolute atomic E-state index is 0.256. The minimum Gasteiger partial charge on any atom is -0.462 e. The average Bonchev–Trinajstić information content (AvgIpc) is 2.58. The predicted molar refractivity (Wildman–Crippen MR) is 68.0 cm³/mol. The largest absolute Gasteiger partial charge is 0.462 e. The van der Waals surface area contributed by atoms with Gasteiger partial charge in [0.1, 0.15) is 9.88 Å². The molecule has 0 unspecified atom stereocenters. The Labute approximate surface area is 109 Å². The molecule has 0 radical (unpaired) electrons. The number of anilines is 1. The van der Waals surface area contributed by atoms with Crippen LogP contribution < -0.4 is 4.72 Å². The van der Waals surface area contributed by atoms with Crippen molar-refractivity contribution in [1.29, 1.82) is 5.26 Å². The number of nitrogens with one attached hydrogen (secondary N) is 1. The van der Waals surface area contributed by atoms with Gasteiger partial charge in [0.25, 0.3) is 0 Å². The van der Waals surface area contributed by atoms with E-state index in [1.54, 1.807) is 19.9 Å². The van der Waals surface area contributed by atoms with Gasteiger partial charge in [-0.2, -0.15) is 5.26 Å². The number of nitrogens with zero attached hydrogens (tertiary/aromatic N) is 1. The lowest BCUT2D eigenvalue weighted by molar-refractivity contribution is 0.0531. The first-order chi connectivity index (χ1) is 8.39. The summed E-state index contributed by atoms with van der Waals surface area (Å²) in [5.74, 6) is -1.11. The molecule has 1 aromatic rings. The quantitative estimate of drug-likeness (QED) is 0.828. The second-order valence-electron chi connectivity index (χ2n) is 3.36. The molecule has 0 saturated heterocycles. The van der Waals surface area contributed by atoms with Crippen molar-refractivity contribution in [2.75, 3.05) is 17.1 Å². The van der Waals surface area contributed by atoms with Crippen LogP contribution in [0.2, 0.25) is 0 Å². The topological polar surface area (TPSA) is 96.3 Å². The maximum Gasteiger partial charge on any atom is 0.348 e. The summed E-state index contributed by atoms with van der Waals surface area (Å²) >= 11 is 0.986. The summed E-state index contributed by atoms with van der Waals surface area (Å²) in [6.07, 6.45) is 0. The summed E-state index contributed by atoms with van der Waals surface area (Å²) in [4.78, 5) is 11.9. The number of ether oxygens (including phenoxy) is 1. The fourth-order valence-electron chi connectivity index (χ4n) is 1.21. The molecule has 8 heteroatoms. The van der Waals surface area contributed by atoms with Crippen molar-refractivity contribution in [3.8, 4) is 6.07 Å². The van der Waals surface area contributed by atoms with Crippen LogP contribution in [0.5, 0.6) is 0 Å². The summed E-state index contributed by atoms with van der Waals surface area (Å²) < 4.78 is 29.8. The molecule has 1 rings (SSSR count). The fraction of sp³-hybridized carbons (Fsp3) is 0.400. The minimum atomic E-state index is -3.68. The molecule has 1 heterocycles. The first-order valence-corrected chi connectivity index (χ1v) is 7.51. The van der Waals surface area contributed by atoms with Crippen LogP contribution in [-0.4, -0.2) is 26.7 Å². The van der Waals surface area contributed by atoms with Gasteiger partial charge >= 0.3 is 5.97 Å². The van der Waals surface area contributed by atoms with Crippen molar-refractivity contribution in [2.45, 2.75) is 13.8 Å². The molecular formula is C10H12N2O4S2. The zero-order valence-electron chi connectivity index (χ0n) is 9.89. The summed E-state index contributed by atoms with van der Waals surface area (Å²) in [6, 6.07) is 3.09. The number of hydrogen-bond donors (Lipinski definition) is 1. The van der Waals surface area contributed by atoms with E-state index >= 15 is 0 Å². The van der Waals surface area contributed by atoms with Gasteiger partial charge in [-0.1, -0.05) is 0 Å². The van der Waals surface area contributed by atoms with Gasteiger partial charge in [0.15, 0.2) is 5.75 Å². The molecule has 0 aliphatic rings.